The first-order valence-corrected chi connectivity index (χ1v) is 5.98. The lowest BCUT2D eigenvalue weighted by molar-refractivity contribution is 0.385. The molecular weight excluding hydrogens is 236 g/mol. The van der Waals surface area contributed by atoms with Crippen molar-refractivity contribution in [3.05, 3.63) is 27.3 Å². The fourth-order valence-corrected chi connectivity index (χ4v) is 2.36. The lowest BCUT2D eigenvalue weighted by Crippen LogP contribution is -2.42. The first-order chi connectivity index (χ1) is 7.77. The Kier molecular flexibility index (Phi) is 4.07. The highest BCUT2D eigenvalue weighted by Gasteiger charge is 2.29. The minimum absolute atomic E-state index is 0.336. The van der Waals surface area contributed by atoms with Gasteiger partial charge in [-0.2, -0.15) is 0 Å². The number of methoxy groups -OCH3 is 1. The summed E-state index contributed by atoms with van der Waals surface area (Å²) < 4.78 is 5.49. The maximum Gasteiger partial charge on any atom is 0.127 e. The molecule has 1 aromatic carbocycles. The zero-order valence-corrected chi connectivity index (χ0v) is 11.9. The van der Waals surface area contributed by atoms with Crippen LogP contribution in [0.5, 0.6) is 5.75 Å². The fourth-order valence-electron chi connectivity index (χ4n) is 2.13. The lowest BCUT2D eigenvalue weighted by Gasteiger charge is -2.29. The van der Waals surface area contributed by atoms with Crippen LogP contribution in [0.1, 0.15) is 29.2 Å². The Bertz CT molecular complexity index is 442. The van der Waals surface area contributed by atoms with Crippen LogP contribution in [0.2, 0.25) is 5.02 Å². The molecule has 96 valence electrons. The van der Waals surface area contributed by atoms with Crippen LogP contribution in [-0.4, -0.2) is 13.7 Å². The number of ether oxygens (including phenoxy) is 1. The second kappa shape index (κ2) is 4.84. The Hall–Kier alpha value is -0.770. The van der Waals surface area contributed by atoms with Gasteiger partial charge in [0.25, 0.3) is 0 Å². The van der Waals surface area contributed by atoms with Gasteiger partial charge < -0.3 is 16.2 Å². The molecule has 3 nitrogen and oxygen atoms in total. The van der Waals surface area contributed by atoms with Crippen molar-refractivity contribution < 1.29 is 4.74 Å². The van der Waals surface area contributed by atoms with Crippen molar-refractivity contribution in [2.75, 3.05) is 13.7 Å². The van der Waals surface area contributed by atoms with Gasteiger partial charge in [0.05, 0.1) is 12.6 Å². The molecule has 0 fully saturated rings. The van der Waals surface area contributed by atoms with E-state index in [-0.39, 0.29) is 0 Å². The lowest BCUT2D eigenvalue weighted by atomic mass is 9.85. The first kappa shape index (κ1) is 14.3. The molecule has 0 saturated heterocycles. The Labute approximate surface area is 108 Å². The quantitative estimate of drug-likeness (QED) is 0.873. The SMILES string of the molecule is COc1c(C)c(C)c(Cl)c(C)c1C(C)(N)CN. The zero-order chi connectivity index (χ0) is 13.4. The molecule has 1 unspecified atom stereocenters. The van der Waals surface area contributed by atoms with E-state index in [2.05, 4.69) is 0 Å². The molecule has 0 aliphatic heterocycles. The number of benzene rings is 1. The van der Waals surface area contributed by atoms with Gasteiger partial charge in [-0.15, -0.1) is 0 Å². The minimum Gasteiger partial charge on any atom is -0.496 e. The Morgan fingerprint density at radius 1 is 1.18 bits per heavy atom. The van der Waals surface area contributed by atoms with Crippen molar-refractivity contribution in [1.29, 1.82) is 0 Å². The van der Waals surface area contributed by atoms with Gasteiger partial charge in [-0.1, -0.05) is 11.6 Å². The van der Waals surface area contributed by atoms with Gasteiger partial charge in [-0.05, 0) is 44.4 Å². The zero-order valence-electron chi connectivity index (χ0n) is 11.1. The van der Waals surface area contributed by atoms with E-state index in [1.807, 2.05) is 27.7 Å². The minimum atomic E-state index is -0.641. The van der Waals surface area contributed by atoms with Crippen LogP contribution in [0.15, 0.2) is 0 Å². The molecule has 0 radical (unpaired) electrons. The van der Waals surface area contributed by atoms with Crippen LogP contribution in [0, 0.1) is 20.8 Å². The van der Waals surface area contributed by atoms with E-state index in [0.717, 1.165) is 33.0 Å². The highest BCUT2D eigenvalue weighted by Crippen LogP contribution is 2.40. The summed E-state index contributed by atoms with van der Waals surface area (Å²) in [5.74, 6) is 0.792. The summed E-state index contributed by atoms with van der Waals surface area (Å²) in [7, 11) is 1.64. The van der Waals surface area contributed by atoms with Gasteiger partial charge >= 0.3 is 0 Å². The molecule has 0 bridgehead atoms. The van der Waals surface area contributed by atoms with E-state index in [4.69, 9.17) is 27.8 Å². The van der Waals surface area contributed by atoms with E-state index in [9.17, 15) is 0 Å². The van der Waals surface area contributed by atoms with Crippen molar-refractivity contribution in [1.82, 2.24) is 0 Å². The highest BCUT2D eigenvalue weighted by molar-refractivity contribution is 6.32. The molecule has 0 heterocycles. The van der Waals surface area contributed by atoms with Crippen molar-refractivity contribution in [3.63, 3.8) is 0 Å². The number of hydrogen-bond donors (Lipinski definition) is 2. The molecule has 0 spiro atoms. The molecule has 0 aromatic heterocycles. The predicted octanol–water partition coefficient (Wildman–Crippen LogP) is 2.41. The summed E-state index contributed by atoms with van der Waals surface area (Å²) in [5.41, 5.74) is 15.2. The van der Waals surface area contributed by atoms with Crippen LogP contribution >= 0.6 is 11.6 Å². The third-order valence-corrected chi connectivity index (χ3v) is 3.93. The van der Waals surface area contributed by atoms with Crippen LogP contribution in [-0.2, 0) is 5.54 Å². The predicted molar refractivity (Wildman–Crippen MR) is 72.8 cm³/mol. The number of hydrogen-bond acceptors (Lipinski definition) is 3. The number of halogens is 1. The van der Waals surface area contributed by atoms with E-state index < -0.39 is 5.54 Å². The smallest absolute Gasteiger partial charge is 0.127 e. The van der Waals surface area contributed by atoms with E-state index in [1.54, 1.807) is 7.11 Å². The molecule has 17 heavy (non-hydrogen) atoms. The molecular formula is C13H21ClN2O. The summed E-state index contributed by atoms with van der Waals surface area (Å²) in [6.45, 7) is 8.14. The van der Waals surface area contributed by atoms with Crippen LogP contribution < -0.4 is 16.2 Å². The maximum absolute atomic E-state index is 6.33. The van der Waals surface area contributed by atoms with Gasteiger partial charge in [-0.25, -0.2) is 0 Å². The Morgan fingerprint density at radius 3 is 2.12 bits per heavy atom. The van der Waals surface area contributed by atoms with E-state index in [1.165, 1.54) is 0 Å². The highest BCUT2D eigenvalue weighted by atomic mass is 35.5. The van der Waals surface area contributed by atoms with Gasteiger partial charge in [0.2, 0.25) is 0 Å². The second-order valence-electron chi connectivity index (χ2n) is 4.72. The average molecular weight is 257 g/mol. The third kappa shape index (κ3) is 2.28. The third-order valence-electron chi connectivity index (χ3n) is 3.36. The molecule has 0 aliphatic carbocycles. The van der Waals surface area contributed by atoms with Crippen LogP contribution in [0.25, 0.3) is 0 Å². The molecule has 1 aromatic rings. The summed E-state index contributed by atoms with van der Waals surface area (Å²) in [6.07, 6.45) is 0. The maximum atomic E-state index is 6.33. The Balaban J connectivity index is 3.70. The number of nitrogens with two attached hydrogens (primary N) is 2. The van der Waals surface area contributed by atoms with Gasteiger partial charge in [0, 0.05) is 17.1 Å². The summed E-state index contributed by atoms with van der Waals surface area (Å²) in [4.78, 5) is 0. The Morgan fingerprint density at radius 2 is 1.71 bits per heavy atom. The summed E-state index contributed by atoms with van der Waals surface area (Å²) in [5, 5.41) is 0.739. The topological polar surface area (TPSA) is 61.3 Å². The van der Waals surface area contributed by atoms with E-state index in [0.29, 0.717) is 6.54 Å². The largest absolute Gasteiger partial charge is 0.496 e. The van der Waals surface area contributed by atoms with Gasteiger partial charge in [-0.3, -0.25) is 0 Å². The monoisotopic (exact) mass is 256 g/mol. The molecule has 4 N–H and O–H groups in total. The molecule has 0 saturated carbocycles. The van der Waals surface area contributed by atoms with Crippen molar-refractivity contribution in [2.45, 2.75) is 33.2 Å². The second-order valence-corrected chi connectivity index (χ2v) is 5.10. The molecule has 0 aliphatic rings. The standard InChI is InChI=1S/C13H21ClN2O/c1-7-8(2)12(17-5)10(9(3)11(7)14)13(4,16)6-15/h6,15-16H2,1-5H3. The fraction of sp³-hybridized carbons (Fsp3) is 0.538. The van der Waals surface area contributed by atoms with Gasteiger partial charge in [0.1, 0.15) is 5.75 Å². The van der Waals surface area contributed by atoms with Crippen molar-refractivity contribution >= 4 is 11.6 Å². The normalized spacial score (nSPS) is 14.6. The first-order valence-electron chi connectivity index (χ1n) is 5.60. The van der Waals surface area contributed by atoms with Gasteiger partial charge in [0.15, 0.2) is 0 Å². The van der Waals surface area contributed by atoms with Crippen LogP contribution in [0.3, 0.4) is 0 Å². The van der Waals surface area contributed by atoms with Crippen molar-refractivity contribution in [2.24, 2.45) is 11.5 Å². The van der Waals surface area contributed by atoms with Crippen molar-refractivity contribution in [3.8, 4) is 5.75 Å². The molecule has 4 heteroatoms. The van der Waals surface area contributed by atoms with Crippen LogP contribution in [0.4, 0.5) is 0 Å². The number of rotatable bonds is 3. The summed E-state index contributed by atoms with van der Waals surface area (Å²) >= 11 is 6.33. The molecule has 0 amide bonds. The van der Waals surface area contributed by atoms with E-state index >= 15 is 0 Å². The average Bonchev–Trinajstić information content (AvgIpc) is 2.30. The molecule has 1 atom stereocenters. The summed E-state index contributed by atoms with van der Waals surface area (Å²) in [6, 6.07) is 0. The molecule has 1 rings (SSSR count).